The molecule has 3 N–H and O–H groups in total. The summed E-state index contributed by atoms with van der Waals surface area (Å²) >= 11 is 0. The number of amides is 2. The van der Waals surface area contributed by atoms with Crippen LogP contribution in [0.3, 0.4) is 0 Å². The number of hydrogen-bond donors (Lipinski definition) is 2. The van der Waals surface area contributed by atoms with Crippen molar-refractivity contribution in [2.45, 2.75) is 31.7 Å². The van der Waals surface area contributed by atoms with Crippen LogP contribution in [0.2, 0.25) is 0 Å². The molecule has 1 aromatic heterocycles. The van der Waals surface area contributed by atoms with E-state index in [-0.39, 0.29) is 5.69 Å². The minimum Gasteiger partial charge on any atom is -0.368 e. The van der Waals surface area contributed by atoms with Gasteiger partial charge in [0.25, 0.3) is 5.91 Å². The van der Waals surface area contributed by atoms with E-state index in [0.717, 1.165) is 0 Å². The Hall–Kier alpha value is -2.42. The number of pyridine rings is 1. The molecule has 100 valence electrons. The average molecular weight is 260 g/mol. The van der Waals surface area contributed by atoms with Crippen molar-refractivity contribution in [1.82, 2.24) is 10.3 Å². The average Bonchev–Trinajstić information content (AvgIpc) is 2.42. The van der Waals surface area contributed by atoms with Gasteiger partial charge in [-0.05, 0) is 31.4 Å². The van der Waals surface area contributed by atoms with Crippen LogP contribution < -0.4 is 11.1 Å². The van der Waals surface area contributed by atoms with Crippen LogP contribution in [0.15, 0.2) is 24.4 Å². The van der Waals surface area contributed by atoms with Gasteiger partial charge in [0.2, 0.25) is 5.91 Å². The second kappa shape index (κ2) is 7.82. The maximum Gasteiger partial charge on any atom is 0.270 e. The van der Waals surface area contributed by atoms with Crippen LogP contribution >= 0.6 is 0 Å². The van der Waals surface area contributed by atoms with E-state index in [4.69, 9.17) is 11.0 Å². The van der Waals surface area contributed by atoms with Gasteiger partial charge in [-0.1, -0.05) is 6.07 Å². The maximum absolute atomic E-state index is 11.8. The quantitative estimate of drug-likeness (QED) is 0.705. The summed E-state index contributed by atoms with van der Waals surface area (Å²) in [7, 11) is 0. The number of primary amides is 1. The molecule has 0 unspecified atom stereocenters. The third-order valence-electron chi connectivity index (χ3n) is 2.58. The standard InChI is InChI=1S/C13H16N4O2/c14-8-4-1-2-6-10(12(15)18)17-13(19)11-7-3-5-9-16-11/h3,5,7,9-10H,1-2,4,6H2,(H2,15,18)(H,17,19)/t10-/m1/s1. The predicted molar refractivity (Wildman–Crippen MR) is 68.8 cm³/mol. The lowest BCUT2D eigenvalue weighted by molar-refractivity contribution is -0.120. The molecule has 0 aliphatic rings. The Kier molecular flexibility index (Phi) is 6.03. The fourth-order valence-electron chi connectivity index (χ4n) is 1.57. The molecule has 0 aliphatic carbocycles. The van der Waals surface area contributed by atoms with Gasteiger partial charge in [0.15, 0.2) is 0 Å². The minimum absolute atomic E-state index is 0.241. The smallest absolute Gasteiger partial charge is 0.270 e. The normalized spacial score (nSPS) is 11.3. The molecule has 0 saturated heterocycles. The fourth-order valence-corrected chi connectivity index (χ4v) is 1.57. The molecule has 1 heterocycles. The molecule has 19 heavy (non-hydrogen) atoms. The lowest BCUT2D eigenvalue weighted by Gasteiger charge is -2.14. The van der Waals surface area contributed by atoms with Gasteiger partial charge in [-0.25, -0.2) is 0 Å². The minimum atomic E-state index is -0.729. The van der Waals surface area contributed by atoms with E-state index in [1.807, 2.05) is 6.07 Å². The van der Waals surface area contributed by atoms with Gasteiger partial charge in [0, 0.05) is 12.6 Å². The number of rotatable bonds is 7. The summed E-state index contributed by atoms with van der Waals surface area (Å²) < 4.78 is 0. The Morgan fingerprint density at radius 2 is 2.21 bits per heavy atom. The summed E-state index contributed by atoms with van der Waals surface area (Å²) in [5.74, 6) is -1.01. The number of nitrogens with two attached hydrogens (primary N) is 1. The fraction of sp³-hybridized carbons (Fsp3) is 0.385. The van der Waals surface area contributed by atoms with Crippen molar-refractivity contribution < 1.29 is 9.59 Å². The topological polar surface area (TPSA) is 109 Å². The van der Waals surface area contributed by atoms with Crippen molar-refractivity contribution in [3.05, 3.63) is 30.1 Å². The number of aromatic nitrogens is 1. The molecule has 0 spiro atoms. The molecule has 0 bridgehead atoms. The zero-order valence-corrected chi connectivity index (χ0v) is 10.5. The first-order chi connectivity index (χ1) is 9.15. The maximum atomic E-state index is 11.8. The largest absolute Gasteiger partial charge is 0.368 e. The molecule has 0 aromatic carbocycles. The number of carbonyl (C=O) groups excluding carboxylic acids is 2. The molecule has 1 rings (SSSR count). The summed E-state index contributed by atoms with van der Waals surface area (Å²) in [6.07, 6.45) is 3.69. The zero-order chi connectivity index (χ0) is 14.1. The van der Waals surface area contributed by atoms with Crippen molar-refractivity contribution in [2.24, 2.45) is 5.73 Å². The molecule has 0 fully saturated rings. The molecule has 0 aliphatic heterocycles. The molecule has 1 aromatic rings. The Morgan fingerprint density at radius 1 is 1.42 bits per heavy atom. The number of nitriles is 1. The Morgan fingerprint density at radius 3 is 2.79 bits per heavy atom. The van der Waals surface area contributed by atoms with E-state index in [1.165, 1.54) is 6.20 Å². The van der Waals surface area contributed by atoms with E-state index >= 15 is 0 Å². The van der Waals surface area contributed by atoms with Crippen molar-refractivity contribution in [3.8, 4) is 6.07 Å². The highest BCUT2D eigenvalue weighted by Crippen LogP contribution is 2.04. The molecule has 2 amide bonds. The van der Waals surface area contributed by atoms with Gasteiger partial charge in [0.1, 0.15) is 11.7 Å². The second-order valence-electron chi connectivity index (χ2n) is 4.05. The van der Waals surface area contributed by atoms with Crippen LogP contribution in [0.5, 0.6) is 0 Å². The van der Waals surface area contributed by atoms with Gasteiger partial charge >= 0.3 is 0 Å². The summed E-state index contributed by atoms with van der Waals surface area (Å²) in [6, 6.07) is 6.24. The van der Waals surface area contributed by atoms with Gasteiger partial charge in [-0.15, -0.1) is 0 Å². The molecular formula is C13H16N4O2. The highest BCUT2D eigenvalue weighted by atomic mass is 16.2. The van der Waals surface area contributed by atoms with Crippen molar-refractivity contribution >= 4 is 11.8 Å². The van der Waals surface area contributed by atoms with Gasteiger partial charge in [-0.3, -0.25) is 14.6 Å². The third-order valence-corrected chi connectivity index (χ3v) is 2.58. The molecular weight excluding hydrogens is 244 g/mol. The Bertz CT molecular complexity index is 467. The van der Waals surface area contributed by atoms with Crippen LogP contribution in [0, 0.1) is 11.3 Å². The van der Waals surface area contributed by atoms with Gasteiger partial charge < -0.3 is 11.1 Å². The van der Waals surface area contributed by atoms with E-state index in [9.17, 15) is 9.59 Å². The summed E-state index contributed by atoms with van der Waals surface area (Å²) in [5.41, 5.74) is 5.48. The summed E-state index contributed by atoms with van der Waals surface area (Å²) in [4.78, 5) is 27.0. The molecule has 0 saturated carbocycles. The highest BCUT2D eigenvalue weighted by Gasteiger charge is 2.18. The van der Waals surface area contributed by atoms with Crippen molar-refractivity contribution in [3.63, 3.8) is 0 Å². The zero-order valence-electron chi connectivity index (χ0n) is 10.5. The first kappa shape index (κ1) is 14.6. The van der Waals surface area contributed by atoms with Crippen molar-refractivity contribution in [2.75, 3.05) is 0 Å². The molecule has 6 nitrogen and oxygen atoms in total. The lowest BCUT2D eigenvalue weighted by atomic mass is 10.1. The van der Waals surface area contributed by atoms with Crippen LogP contribution in [0.4, 0.5) is 0 Å². The van der Waals surface area contributed by atoms with E-state index in [1.54, 1.807) is 18.2 Å². The van der Waals surface area contributed by atoms with Crippen LogP contribution in [-0.4, -0.2) is 22.8 Å². The van der Waals surface area contributed by atoms with E-state index in [2.05, 4.69) is 10.3 Å². The monoisotopic (exact) mass is 260 g/mol. The first-order valence-electron chi connectivity index (χ1n) is 6.03. The summed E-state index contributed by atoms with van der Waals surface area (Å²) in [5, 5.41) is 11.0. The summed E-state index contributed by atoms with van der Waals surface area (Å²) in [6.45, 7) is 0. The number of nitrogens with one attached hydrogen (secondary N) is 1. The predicted octanol–water partition coefficient (Wildman–Crippen LogP) is 0.749. The SMILES string of the molecule is N#CCCCC[C@@H](NC(=O)c1ccccn1)C(N)=O. The molecule has 1 atom stereocenters. The van der Waals surface area contributed by atoms with Crippen LogP contribution in [-0.2, 0) is 4.79 Å². The second-order valence-corrected chi connectivity index (χ2v) is 4.05. The number of unbranched alkanes of at least 4 members (excludes halogenated alkanes) is 2. The van der Waals surface area contributed by atoms with Gasteiger partial charge in [-0.2, -0.15) is 5.26 Å². The molecule has 6 heteroatoms. The Labute approximate surface area is 111 Å². The van der Waals surface area contributed by atoms with Gasteiger partial charge in [0.05, 0.1) is 6.07 Å². The van der Waals surface area contributed by atoms with E-state index < -0.39 is 17.9 Å². The van der Waals surface area contributed by atoms with Crippen molar-refractivity contribution in [1.29, 1.82) is 5.26 Å². The highest BCUT2D eigenvalue weighted by molar-refractivity contribution is 5.95. The number of hydrogen-bond acceptors (Lipinski definition) is 4. The van der Waals surface area contributed by atoms with Crippen LogP contribution in [0.1, 0.15) is 36.2 Å². The van der Waals surface area contributed by atoms with E-state index in [0.29, 0.717) is 25.7 Å². The molecule has 0 radical (unpaired) electrons. The number of nitrogens with zero attached hydrogens (tertiary/aromatic N) is 2. The number of carbonyl (C=O) groups is 2. The van der Waals surface area contributed by atoms with Crippen LogP contribution in [0.25, 0.3) is 0 Å². The Balaban J connectivity index is 2.52. The first-order valence-corrected chi connectivity index (χ1v) is 6.03. The third kappa shape index (κ3) is 5.17. The lowest BCUT2D eigenvalue weighted by Crippen LogP contribution is -2.44.